The fourth-order valence-electron chi connectivity index (χ4n) is 1.68. The zero-order valence-corrected chi connectivity index (χ0v) is 11.8. The zero-order valence-electron chi connectivity index (χ0n) is 10.2. The Labute approximate surface area is 114 Å². The van der Waals surface area contributed by atoms with Crippen molar-refractivity contribution in [2.45, 2.75) is 20.0 Å². The van der Waals surface area contributed by atoms with Crippen LogP contribution in [-0.2, 0) is 0 Å². The van der Waals surface area contributed by atoms with Gasteiger partial charge in [-0.3, -0.25) is 0 Å². The van der Waals surface area contributed by atoms with E-state index < -0.39 is 6.10 Å². The second-order valence-corrected chi connectivity index (χ2v) is 4.94. The Hall–Kier alpha value is -1.46. The van der Waals surface area contributed by atoms with E-state index in [4.69, 9.17) is 5.73 Å². The van der Waals surface area contributed by atoms with Gasteiger partial charge >= 0.3 is 0 Å². The van der Waals surface area contributed by atoms with Crippen molar-refractivity contribution >= 4 is 21.7 Å². The van der Waals surface area contributed by atoms with E-state index in [2.05, 4.69) is 25.9 Å². The molecule has 0 saturated heterocycles. The largest absolute Gasteiger partial charge is 0.382 e. The van der Waals surface area contributed by atoms with Crippen molar-refractivity contribution in [3.8, 4) is 0 Å². The van der Waals surface area contributed by atoms with Crippen molar-refractivity contribution in [1.82, 2.24) is 9.97 Å². The molecule has 3 N–H and O–H groups in total. The van der Waals surface area contributed by atoms with Gasteiger partial charge in [0, 0.05) is 10.0 Å². The molecular formula is C13H14BrN3O. The molecule has 0 fully saturated rings. The maximum absolute atomic E-state index is 10.4. The molecule has 2 aromatic rings. The molecule has 0 amide bonds. The van der Waals surface area contributed by atoms with Crippen LogP contribution in [0, 0.1) is 13.8 Å². The summed E-state index contributed by atoms with van der Waals surface area (Å²) in [6.45, 7) is 3.69. The molecule has 1 aromatic carbocycles. The Morgan fingerprint density at radius 1 is 1.17 bits per heavy atom. The third-order valence-corrected chi connectivity index (χ3v) is 3.54. The summed E-state index contributed by atoms with van der Waals surface area (Å²) in [5, 5.41) is 10.4. The minimum atomic E-state index is -0.882. The SMILES string of the molecule is Cc1nc(N)c(C(O)c2ccccc2Br)nc1C. The van der Waals surface area contributed by atoms with Crippen LogP contribution < -0.4 is 5.73 Å². The maximum Gasteiger partial charge on any atom is 0.148 e. The van der Waals surface area contributed by atoms with E-state index >= 15 is 0 Å². The average molecular weight is 308 g/mol. The van der Waals surface area contributed by atoms with Gasteiger partial charge in [0.15, 0.2) is 0 Å². The molecule has 5 heteroatoms. The Morgan fingerprint density at radius 2 is 1.78 bits per heavy atom. The van der Waals surface area contributed by atoms with E-state index in [9.17, 15) is 5.11 Å². The second kappa shape index (κ2) is 5.04. The minimum absolute atomic E-state index is 0.265. The molecule has 0 aliphatic heterocycles. The second-order valence-electron chi connectivity index (χ2n) is 4.09. The molecule has 18 heavy (non-hydrogen) atoms. The highest BCUT2D eigenvalue weighted by Crippen LogP contribution is 2.29. The summed E-state index contributed by atoms with van der Waals surface area (Å²) in [6, 6.07) is 7.43. The van der Waals surface area contributed by atoms with Gasteiger partial charge in [-0.05, 0) is 19.9 Å². The van der Waals surface area contributed by atoms with E-state index in [1.165, 1.54) is 0 Å². The molecule has 1 unspecified atom stereocenters. The fraction of sp³-hybridized carbons (Fsp3) is 0.231. The highest BCUT2D eigenvalue weighted by Gasteiger charge is 2.19. The van der Waals surface area contributed by atoms with E-state index in [0.717, 1.165) is 21.4 Å². The van der Waals surface area contributed by atoms with Crippen LogP contribution in [0.4, 0.5) is 5.82 Å². The predicted octanol–water partition coefficient (Wildman–Crippen LogP) is 2.52. The summed E-state index contributed by atoms with van der Waals surface area (Å²) in [4.78, 5) is 8.52. The smallest absolute Gasteiger partial charge is 0.148 e. The Balaban J connectivity index is 2.50. The lowest BCUT2D eigenvalue weighted by Crippen LogP contribution is -2.11. The molecule has 2 rings (SSSR count). The van der Waals surface area contributed by atoms with Gasteiger partial charge in [-0.25, -0.2) is 9.97 Å². The van der Waals surface area contributed by atoms with Crippen LogP contribution in [0.2, 0.25) is 0 Å². The van der Waals surface area contributed by atoms with Gasteiger partial charge in [-0.2, -0.15) is 0 Å². The summed E-state index contributed by atoms with van der Waals surface area (Å²) in [6.07, 6.45) is -0.882. The van der Waals surface area contributed by atoms with Crippen molar-refractivity contribution in [1.29, 1.82) is 0 Å². The van der Waals surface area contributed by atoms with Crippen LogP contribution in [0.25, 0.3) is 0 Å². The van der Waals surface area contributed by atoms with Gasteiger partial charge in [0.25, 0.3) is 0 Å². The number of aliphatic hydroxyl groups is 1. The first-order chi connectivity index (χ1) is 8.50. The number of benzene rings is 1. The summed E-state index contributed by atoms with van der Waals surface area (Å²) >= 11 is 3.40. The standard InChI is InChI=1S/C13H14BrN3O/c1-7-8(2)17-13(15)11(16-7)12(18)9-5-3-4-6-10(9)14/h3-6,12,18H,1-2H3,(H2,15,17). The first kappa shape index (κ1) is 13.0. The predicted molar refractivity (Wildman–Crippen MR) is 74.1 cm³/mol. The number of anilines is 1. The number of aliphatic hydroxyl groups excluding tert-OH is 1. The van der Waals surface area contributed by atoms with Crippen molar-refractivity contribution in [3.05, 3.63) is 51.4 Å². The molecule has 94 valence electrons. The van der Waals surface area contributed by atoms with Crippen molar-refractivity contribution in [2.24, 2.45) is 0 Å². The number of aryl methyl sites for hydroxylation is 2. The van der Waals surface area contributed by atoms with Crippen LogP contribution >= 0.6 is 15.9 Å². The quantitative estimate of drug-likeness (QED) is 0.894. The third kappa shape index (κ3) is 2.37. The van der Waals surface area contributed by atoms with Crippen LogP contribution in [0.15, 0.2) is 28.7 Å². The number of hydrogen-bond acceptors (Lipinski definition) is 4. The highest BCUT2D eigenvalue weighted by atomic mass is 79.9. The summed E-state index contributed by atoms with van der Waals surface area (Å²) in [7, 11) is 0. The van der Waals surface area contributed by atoms with Gasteiger partial charge in [0.1, 0.15) is 17.6 Å². The molecule has 0 saturated carbocycles. The van der Waals surface area contributed by atoms with Gasteiger partial charge in [0.05, 0.1) is 11.4 Å². The van der Waals surface area contributed by atoms with Crippen LogP contribution in [-0.4, -0.2) is 15.1 Å². The lowest BCUT2D eigenvalue weighted by Gasteiger charge is -2.15. The van der Waals surface area contributed by atoms with Crippen LogP contribution in [0.1, 0.15) is 28.7 Å². The number of aromatic nitrogens is 2. The molecule has 0 bridgehead atoms. The number of rotatable bonds is 2. The highest BCUT2D eigenvalue weighted by molar-refractivity contribution is 9.10. The number of nitrogens with two attached hydrogens (primary N) is 1. The summed E-state index contributed by atoms with van der Waals surface area (Å²) in [5.41, 5.74) is 8.49. The van der Waals surface area contributed by atoms with E-state index in [0.29, 0.717) is 5.69 Å². The Kier molecular flexibility index (Phi) is 3.63. The number of halogens is 1. The van der Waals surface area contributed by atoms with Crippen molar-refractivity contribution in [3.63, 3.8) is 0 Å². The van der Waals surface area contributed by atoms with Crippen molar-refractivity contribution < 1.29 is 5.11 Å². The number of nitrogens with zero attached hydrogens (tertiary/aromatic N) is 2. The fourth-order valence-corrected chi connectivity index (χ4v) is 2.18. The third-order valence-electron chi connectivity index (χ3n) is 2.82. The average Bonchev–Trinajstić information content (AvgIpc) is 2.33. The zero-order chi connectivity index (χ0) is 13.3. The number of nitrogen functional groups attached to an aromatic ring is 1. The normalized spacial score (nSPS) is 12.4. The van der Waals surface area contributed by atoms with Gasteiger partial charge in [-0.15, -0.1) is 0 Å². The Bertz CT molecular complexity index is 586. The van der Waals surface area contributed by atoms with E-state index in [1.807, 2.05) is 38.1 Å². The van der Waals surface area contributed by atoms with E-state index in [1.54, 1.807) is 0 Å². The molecule has 0 spiro atoms. The van der Waals surface area contributed by atoms with Crippen LogP contribution in [0.3, 0.4) is 0 Å². The van der Waals surface area contributed by atoms with Gasteiger partial charge in [-0.1, -0.05) is 34.1 Å². The van der Waals surface area contributed by atoms with E-state index in [-0.39, 0.29) is 5.82 Å². The lowest BCUT2D eigenvalue weighted by molar-refractivity contribution is 0.214. The first-order valence-electron chi connectivity index (χ1n) is 5.53. The van der Waals surface area contributed by atoms with Gasteiger partial charge < -0.3 is 10.8 Å². The topological polar surface area (TPSA) is 72.0 Å². The molecular weight excluding hydrogens is 294 g/mol. The molecule has 0 aliphatic carbocycles. The maximum atomic E-state index is 10.4. The molecule has 1 heterocycles. The summed E-state index contributed by atoms with van der Waals surface area (Å²) in [5.74, 6) is 0.265. The molecule has 0 aliphatic rings. The lowest BCUT2D eigenvalue weighted by atomic mass is 10.1. The molecule has 1 atom stereocenters. The number of hydrogen-bond donors (Lipinski definition) is 2. The molecule has 0 radical (unpaired) electrons. The van der Waals surface area contributed by atoms with Crippen LogP contribution in [0.5, 0.6) is 0 Å². The van der Waals surface area contributed by atoms with Gasteiger partial charge in [0.2, 0.25) is 0 Å². The monoisotopic (exact) mass is 307 g/mol. The van der Waals surface area contributed by atoms with Crippen molar-refractivity contribution in [2.75, 3.05) is 5.73 Å². The first-order valence-corrected chi connectivity index (χ1v) is 6.33. The molecule has 4 nitrogen and oxygen atoms in total. The Morgan fingerprint density at radius 3 is 2.44 bits per heavy atom. The molecule has 1 aromatic heterocycles. The summed E-state index contributed by atoms with van der Waals surface area (Å²) < 4.78 is 0.817. The minimum Gasteiger partial charge on any atom is -0.382 e.